The first kappa shape index (κ1) is 18.5. The molecule has 3 heterocycles. The van der Waals surface area contributed by atoms with Crippen molar-refractivity contribution in [1.82, 2.24) is 25.1 Å². The van der Waals surface area contributed by atoms with Crippen LogP contribution in [0.4, 0.5) is 10.2 Å². The minimum atomic E-state index is -0.298. The Bertz CT molecular complexity index is 1170. The lowest BCUT2D eigenvalue weighted by molar-refractivity contribution is 0.354. The van der Waals surface area contributed by atoms with Crippen molar-refractivity contribution in [3.8, 4) is 22.8 Å². The number of nitrogen functional groups attached to an aromatic ring is 1. The summed E-state index contributed by atoms with van der Waals surface area (Å²) in [5, 5.41) is 9.06. The number of anilines is 1. The molecular formula is C22H21FN6O. The quantitative estimate of drug-likeness (QED) is 0.536. The fourth-order valence-electron chi connectivity index (χ4n) is 3.81. The fourth-order valence-corrected chi connectivity index (χ4v) is 3.81. The zero-order valence-corrected chi connectivity index (χ0v) is 16.3. The third-order valence-corrected chi connectivity index (χ3v) is 5.31. The van der Waals surface area contributed by atoms with Gasteiger partial charge in [0, 0.05) is 12.1 Å². The Morgan fingerprint density at radius 3 is 2.47 bits per heavy atom. The van der Waals surface area contributed by atoms with Crippen LogP contribution in [0.2, 0.25) is 0 Å². The molecule has 7 nitrogen and oxygen atoms in total. The number of nitrogens with two attached hydrogens (primary N) is 1. The van der Waals surface area contributed by atoms with E-state index in [1.807, 2.05) is 28.9 Å². The van der Waals surface area contributed by atoms with E-state index in [1.165, 1.54) is 18.5 Å². The largest absolute Gasteiger partial charge is 0.457 e. The predicted molar refractivity (Wildman–Crippen MR) is 113 cm³/mol. The van der Waals surface area contributed by atoms with Crippen molar-refractivity contribution in [1.29, 1.82) is 0 Å². The van der Waals surface area contributed by atoms with Gasteiger partial charge in [-0.1, -0.05) is 0 Å². The monoisotopic (exact) mass is 404 g/mol. The minimum absolute atomic E-state index is 0.227. The van der Waals surface area contributed by atoms with Gasteiger partial charge in [0.25, 0.3) is 0 Å². The summed E-state index contributed by atoms with van der Waals surface area (Å²) in [5.41, 5.74) is 8.60. The van der Waals surface area contributed by atoms with E-state index in [0.29, 0.717) is 17.3 Å². The average molecular weight is 404 g/mol. The molecule has 2 aromatic carbocycles. The Balaban J connectivity index is 1.50. The first-order chi connectivity index (χ1) is 14.7. The number of aromatic nitrogens is 4. The number of nitrogens with zero attached hydrogens (tertiary/aromatic N) is 4. The lowest BCUT2D eigenvalue weighted by Gasteiger charge is -2.23. The second-order valence-electron chi connectivity index (χ2n) is 7.33. The summed E-state index contributed by atoms with van der Waals surface area (Å²) < 4.78 is 20.8. The maximum Gasteiger partial charge on any atom is 0.164 e. The molecule has 1 atom stereocenters. The van der Waals surface area contributed by atoms with E-state index < -0.39 is 0 Å². The zero-order chi connectivity index (χ0) is 20.5. The van der Waals surface area contributed by atoms with E-state index in [0.717, 1.165) is 48.2 Å². The van der Waals surface area contributed by atoms with E-state index in [9.17, 15) is 4.39 Å². The van der Waals surface area contributed by atoms with E-state index in [4.69, 9.17) is 15.6 Å². The number of piperidine rings is 1. The Hall–Kier alpha value is -3.52. The number of ether oxygens (including phenoxy) is 1. The highest BCUT2D eigenvalue weighted by atomic mass is 19.1. The molecule has 0 spiro atoms. The van der Waals surface area contributed by atoms with Crippen LogP contribution in [0.1, 0.15) is 18.9 Å². The Morgan fingerprint density at radius 1 is 1.03 bits per heavy atom. The lowest BCUT2D eigenvalue weighted by atomic mass is 10.1. The van der Waals surface area contributed by atoms with Crippen LogP contribution in [0.5, 0.6) is 11.5 Å². The van der Waals surface area contributed by atoms with Crippen molar-refractivity contribution in [2.45, 2.75) is 18.9 Å². The summed E-state index contributed by atoms with van der Waals surface area (Å²) in [5.74, 6) is 1.33. The van der Waals surface area contributed by atoms with E-state index in [1.54, 1.807) is 12.1 Å². The number of halogens is 1. The molecule has 4 aromatic rings. The second-order valence-corrected chi connectivity index (χ2v) is 7.33. The molecule has 0 saturated carbocycles. The Kier molecular flexibility index (Phi) is 4.76. The van der Waals surface area contributed by atoms with Gasteiger partial charge < -0.3 is 15.8 Å². The molecule has 1 fully saturated rings. The molecule has 1 aliphatic heterocycles. The van der Waals surface area contributed by atoms with Crippen LogP contribution >= 0.6 is 0 Å². The Morgan fingerprint density at radius 2 is 1.77 bits per heavy atom. The predicted octanol–water partition coefficient (Wildman–Crippen LogP) is 3.93. The molecule has 5 rings (SSSR count). The number of fused-ring (bicyclic) bond motifs is 1. The smallest absolute Gasteiger partial charge is 0.164 e. The summed E-state index contributed by atoms with van der Waals surface area (Å²) >= 11 is 0. The van der Waals surface area contributed by atoms with Crippen molar-refractivity contribution in [2.24, 2.45) is 0 Å². The van der Waals surface area contributed by atoms with Crippen LogP contribution in [0.25, 0.3) is 22.3 Å². The molecular weight excluding hydrogens is 383 g/mol. The highest BCUT2D eigenvalue weighted by Crippen LogP contribution is 2.34. The van der Waals surface area contributed by atoms with Crippen molar-refractivity contribution in [2.75, 3.05) is 18.8 Å². The van der Waals surface area contributed by atoms with Gasteiger partial charge in [-0.3, -0.25) is 0 Å². The van der Waals surface area contributed by atoms with Gasteiger partial charge in [-0.2, -0.15) is 5.10 Å². The van der Waals surface area contributed by atoms with E-state index in [-0.39, 0.29) is 11.9 Å². The molecule has 1 saturated heterocycles. The van der Waals surface area contributed by atoms with Gasteiger partial charge in [-0.15, -0.1) is 0 Å². The first-order valence-electron chi connectivity index (χ1n) is 9.92. The van der Waals surface area contributed by atoms with Crippen LogP contribution in [-0.4, -0.2) is 32.8 Å². The molecule has 0 amide bonds. The summed E-state index contributed by atoms with van der Waals surface area (Å²) in [6, 6.07) is 13.7. The van der Waals surface area contributed by atoms with Crippen molar-refractivity contribution in [3.63, 3.8) is 0 Å². The van der Waals surface area contributed by atoms with Crippen LogP contribution < -0.4 is 15.8 Å². The highest BCUT2D eigenvalue weighted by Gasteiger charge is 2.23. The van der Waals surface area contributed by atoms with Gasteiger partial charge in [-0.25, -0.2) is 19.0 Å². The SMILES string of the molecule is Nc1ncnc2c1c(-c1ccc(Oc3ccc(F)cc3)cc1)nn2[C@@H]1CCCNC1. The third-order valence-electron chi connectivity index (χ3n) is 5.31. The van der Waals surface area contributed by atoms with Crippen LogP contribution in [0.15, 0.2) is 54.9 Å². The standard InChI is InChI=1S/C22H21FN6O/c23-15-5-9-18(10-6-15)30-17-7-3-14(4-8-17)20-19-21(24)26-13-27-22(19)29(28-20)16-2-1-11-25-12-16/h3-10,13,16,25H,1-2,11-12H2,(H2,24,26,27)/t16-/m1/s1. The molecule has 0 unspecified atom stereocenters. The van der Waals surface area contributed by atoms with Gasteiger partial charge in [0.2, 0.25) is 0 Å². The van der Waals surface area contributed by atoms with Gasteiger partial charge in [0.1, 0.15) is 35.2 Å². The maximum atomic E-state index is 13.1. The van der Waals surface area contributed by atoms with Crippen molar-refractivity contribution < 1.29 is 9.13 Å². The molecule has 152 valence electrons. The number of benzene rings is 2. The van der Waals surface area contributed by atoms with Crippen LogP contribution in [0, 0.1) is 5.82 Å². The molecule has 1 aliphatic rings. The summed E-state index contributed by atoms with van der Waals surface area (Å²) in [4.78, 5) is 8.64. The molecule has 0 aliphatic carbocycles. The third kappa shape index (κ3) is 3.46. The van der Waals surface area contributed by atoms with Crippen LogP contribution in [-0.2, 0) is 0 Å². The highest BCUT2D eigenvalue weighted by molar-refractivity contribution is 5.98. The minimum Gasteiger partial charge on any atom is -0.457 e. The van der Waals surface area contributed by atoms with Crippen molar-refractivity contribution in [3.05, 3.63) is 60.7 Å². The van der Waals surface area contributed by atoms with Gasteiger partial charge in [-0.05, 0) is 67.9 Å². The van der Waals surface area contributed by atoms with Gasteiger partial charge in [0.05, 0.1) is 11.4 Å². The van der Waals surface area contributed by atoms with Gasteiger partial charge in [0.15, 0.2) is 5.65 Å². The molecule has 30 heavy (non-hydrogen) atoms. The molecule has 0 bridgehead atoms. The topological polar surface area (TPSA) is 90.9 Å². The maximum absolute atomic E-state index is 13.1. The fraction of sp³-hybridized carbons (Fsp3) is 0.227. The summed E-state index contributed by atoms with van der Waals surface area (Å²) in [6.07, 6.45) is 3.62. The average Bonchev–Trinajstić information content (AvgIpc) is 3.18. The molecule has 3 N–H and O–H groups in total. The molecule has 2 aromatic heterocycles. The summed E-state index contributed by atoms with van der Waals surface area (Å²) in [6.45, 7) is 1.87. The normalized spacial score (nSPS) is 16.6. The number of hydrogen-bond acceptors (Lipinski definition) is 6. The molecule has 0 radical (unpaired) electrons. The Labute approximate surface area is 172 Å². The number of hydrogen-bond donors (Lipinski definition) is 2. The summed E-state index contributed by atoms with van der Waals surface area (Å²) in [7, 11) is 0. The van der Waals surface area contributed by atoms with Gasteiger partial charge >= 0.3 is 0 Å². The lowest BCUT2D eigenvalue weighted by Crippen LogP contribution is -2.32. The van der Waals surface area contributed by atoms with E-state index in [2.05, 4.69) is 15.3 Å². The second kappa shape index (κ2) is 7.72. The zero-order valence-electron chi connectivity index (χ0n) is 16.3. The molecule has 8 heteroatoms. The number of nitrogens with one attached hydrogen (secondary N) is 1. The first-order valence-corrected chi connectivity index (χ1v) is 9.92. The number of rotatable bonds is 4. The van der Waals surface area contributed by atoms with Crippen LogP contribution in [0.3, 0.4) is 0 Å². The van der Waals surface area contributed by atoms with Crippen molar-refractivity contribution >= 4 is 16.9 Å². The van der Waals surface area contributed by atoms with E-state index >= 15 is 0 Å².